The van der Waals surface area contributed by atoms with Crippen LogP contribution in [0.5, 0.6) is 0 Å². The van der Waals surface area contributed by atoms with E-state index in [2.05, 4.69) is 10.3 Å². The number of hydrogen-bond acceptors (Lipinski definition) is 4. The van der Waals surface area contributed by atoms with Gasteiger partial charge in [-0.05, 0) is 61.1 Å². The number of benzene rings is 1. The number of aromatic nitrogens is 1. The van der Waals surface area contributed by atoms with Crippen LogP contribution in [0.3, 0.4) is 0 Å². The molecule has 1 aromatic heterocycles. The van der Waals surface area contributed by atoms with Crippen molar-refractivity contribution in [3.8, 4) is 0 Å². The van der Waals surface area contributed by atoms with Crippen LogP contribution in [0.25, 0.3) is 0 Å². The zero-order valence-corrected chi connectivity index (χ0v) is 18.6. The summed E-state index contributed by atoms with van der Waals surface area (Å²) in [4.78, 5) is 17.1. The molecule has 1 saturated carbocycles. The third-order valence-corrected chi connectivity index (χ3v) is 7.57. The Morgan fingerprint density at radius 2 is 2.00 bits per heavy atom. The number of aryl methyl sites for hydroxylation is 1. The van der Waals surface area contributed by atoms with Crippen LogP contribution in [0.2, 0.25) is 5.02 Å². The van der Waals surface area contributed by atoms with Gasteiger partial charge in [0.15, 0.2) is 0 Å². The van der Waals surface area contributed by atoms with Crippen LogP contribution in [0.1, 0.15) is 37.8 Å². The van der Waals surface area contributed by atoms with E-state index >= 15 is 0 Å². The van der Waals surface area contributed by atoms with Crippen molar-refractivity contribution >= 4 is 33.3 Å². The standard InChI is InChI=1S/C21H26ClN3O3S/c1-14-12-23-19(24-20(26)21(2,3)16-8-9-16)10-15(14)13-25(4)29(27,28)18-7-5-6-17(22)11-18/h5-7,10-12,16H,8-9,13H2,1-4H3,(H,23,24,26). The molecule has 1 aliphatic rings. The molecule has 0 spiro atoms. The van der Waals surface area contributed by atoms with Crippen molar-refractivity contribution in [2.75, 3.05) is 12.4 Å². The van der Waals surface area contributed by atoms with Crippen molar-refractivity contribution in [1.82, 2.24) is 9.29 Å². The zero-order chi connectivity index (χ0) is 21.4. The largest absolute Gasteiger partial charge is 0.310 e. The summed E-state index contributed by atoms with van der Waals surface area (Å²) < 4.78 is 27.0. The molecule has 3 rings (SSSR count). The van der Waals surface area contributed by atoms with E-state index in [1.165, 1.54) is 23.5 Å². The second-order valence-corrected chi connectivity index (χ2v) is 10.6. The maximum Gasteiger partial charge on any atom is 0.243 e. The van der Waals surface area contributed by atoms with Crippen LogP contribution < -0.4 is 5.32 Å². The van der Waals surface area contributed by atoms with Crippen LogP contribution in [0.15, 0.2) is 41.4 Å². The van der Waals surface area contributed by atoms with Gasteiger partial charge >= 0.3 is 0 Å². The first-order chi connectivity index (χ1) is 13.5. The predicted octanol–water partition coefficient (Wildman–Crippen LogP) is 4.24. The summed E-state index contributed by atoms with van der Waals surface area (Å²) in [6.45, 7) is 5.90. The SMILES string of the molecule is Cc1cnc(NC(=O)C(C)(C)C2CC2)cc1CN(C)S(=O)(=O)c1cccc(Cl)c1. The number of nitrogens with one attached hydrogen (secondary N) is 1. The third kappa shape index (κ3) is 4.79. The summed E-state index contributed by atoms with van der Waals surface area (Å²) in [5.41, 5.74) is 1.17. The molecule has 0 bridgehead atoms. The minimum Gasteiger partial charge on any atom is -0.310 e. The highest BCUT2D eigenvalue weighted by Gasteiger charge is 2.43. The minimum atomic E-state index is -3.70. The molecule has 8 heteroatoms. The lowest BCUT2D eigenvalue weighted by molar-refractivity contribution is -0.124. The smallest absolute Gasteiger partial charge is 0.243 e. The molecular weight excluding hydrogens is 410 g/mol. The van der Waals surface area contributed by atoms with Gasteiger partial charge in [-0.3, -0.25) is 4.79 Å². The van der Waals surface area contributed by atoms with E-state index in [0.717, 1.165) is 24.0 Å². The molecule has 1 amide bonds. The fourth-order valence-electron chi connectivity index (χ4n) is 3.20. The Hall–Kier alpha value is -1.96. The summed E-state index contributed by atoms with van der Waals surface area (Å²) in [6.07, 6.45) is 3.78. The van der Waals surface area contributed by atoms with Crippen LogP contribution in [0.4, 0.5) is 5.82 Å². The molecule has 0 saturated heterocycles. The van der Waals surface area contributed by atoms with E-state index in [4.69, 9.17) is 11.6 Å². The Balaban J connectivity index is 1.78. The number of nitrogens with zero attached hydrogens (tertiary/aromatic N) is 2. The van der Waals surface area contributed by atoms with Gasteiger partial charge in [0.1, 0.15) is 5.82 Å². The molecule has 29 heavy (non-hydrogen) atoms. The van der Waals surface area contributed by atoms with Crippen molar-refractivity contribution in [1.29, 1.82) is 0 Å². The van der Waals surface area contributed by atoms with Crippen molar-refractivity contribution in [3.63, 3.8) is 0 Å². The number of carbonyl (C=O) groups excluding carboxylic acids is 1. The van der Waals surface area contributed by atoms with Crippen LogP contribution in [-0.2, 0) is 21.4 Å². The molecule has 1 heterocycles. The Morgan fingerprint density at radius 1 is 1.31 bits per heavy atom. The highest BCUT2D eigenvalue weighted by atomic mass is 35.5. The Labute approximate surface area is 177 Å². The molecule has 2 aromatic rings. The number of anilines is 1. The summed E-state index contributed by atoms with van der Waals surface area (Å²) >= 11 is 5.94. The molecule has 6 nitrogen and oxygen atoms in total. The molecule has 1 aromatic carbocycles. The maximum absolute atomic E-state index is 12.9. The average Bonchev–Trinajstić information content (AvgIpc) is 3.50. The monoisotopic (exact) mass is 435 g/mol. The molecule has 0 atom stereocenters. The Bertz CT molecular complexity index is 1030. The van der Waals surface area contributed by atoms with E-state index in [9.17, 15) is 13.2 Å². The van der Waals surface area contributed by atoms with Crippen molar-refractivity contribution in [2.45, 2.75) is 45.1 Å². The highest BCUT2D eigenvalue weighted by molar-refractivity contribution is 7.89. The minimum absolute atomic E-state index is 0.0674. The van der Waals surface area contributed by atoms with E-state index in [-0.39, 0.29) is 17.3 Å². The zero-order valence-electron chi connectivity index (χ0n) is 17.1. The number of halogens is 1. The third-order valence-electron chi connectivity index (χ3n) is 5.54. The first-order valence-corrected chi connectivity index (χ1v) is 11.3. The van der Waals surface area contributed by atoms with Crippen LogP contribution in [-0.4, -0.2) is 30.7 Å². The van der Waals surface area contributed by atoms with Gasteiger partial charge < -0.3 is 5.32 Å². The first-order valence-electron chi connectivity index (χ1n) is 9.50. The Kier molecular flexibility index (Phi) is 6.03. The predicted molar refractivity (Wildman–Crippen MR) is 114 cm³/mol. The van der Waals surface area contributed by atoms with Gasteiger partial charge in [0, 0.05) is 30.2 Å². The summed E-state index contributed by atoms with van der Waals surface area (Å²) in [6, 6.07) is 7.92. The average molecular weight is 436 g/mol. The normalized spacial score (nSPS) is 14.8. The van der Waals surface area contributed by atoms with Gasteiger partial charge in [0.05, 0.1) is 4.90 Å². The number of sulfonamides is 1. The van der Waals surface area contributed by atoms with E-state index < -0.39 is 15.4 Å². The summed E-state index contributed by atoms with van der Waals surface area (Å²) in [5, 5.41) is 3.25. The number of hydrogen-bond donors (Lipinski definition) is 1. The summed E-state index contributed by atoms with van der Waals surface area (Å²) in [7, 11) is -2.18. The lowest BCUT2D eigenvalue weighted by atomic mass is 9.86. The van der Waals surface area contributed by atoms with Gasteiger partial charge in [-0.2, -0.15) is 4.31 Å². The molecule has 0 radical (unpaired) electrons. The molecule has 0 aliphatic heterocycles. The number of carbonyl (C=O) groups is 1. The molecular formula is C21H26ClN3O3S. The van der Waals surface area contributed by atoms with Crippen LogP contribution in [0, 0.1) is 18.3 Å². The van der Waals surface area contributed by atoms with Crippen molar-refractivity contribution in [2.24, 2.45) is 11.3 Å². The van der Waals surface area contributed by atoms with Gasteiger partial charge in [-0.25, -0.2) is 13.4 Å². The lowest BCUT2D eigenvalue weighted by Crippen LogP contribution is -2.33. The fourth-order valence-corrected chi connectivity index (χ4v) is 4.65. The first kappa shape index (κ1) is 21.7. The van der Waals surface area contributed by atoms with Gasteiger partial charge in [-0.15, -0.1) is 0 Å². The molecule has 1 aliphatic carbocycles. The fraction of sp³-hybridized carbons (Fsp3) is 0.429. The molecule has 156 valence electrons. The van der Waals surface area contributed by atoms with E-state index in [0.29, 0.717) is 16.8 Å². The van der Waals surface area contributed by atoms with E-state index in [1.807, 2.05) is 20.8 Å². The second-order valence-electron chi connectivity index (χ2n) is 8.16. The number of rotatable bonds is 7. The Morgan fingerprint density at radius 3 is 2.62 bits per heavy atom. The molecule has 1 N–H and O–H groups in total. The van der Waals surface area contributed by atoms with Crippen molar-refractivity contribution in [3.05, 3.63) is 52.7 Å². The highest BCUT2D eigenvalue weighted by Crippen LogP contribution is 2.45. The van der Waals surface area contributed by atoms with Gasteiger partial charge in [-0.1, -0.05) is 31.5 Å². The van der Waals surface area contributed by atoms with Gasteiger partial charge in [0.25, 0.3) is 0 Å². The summed E-state index contributed by atoms with van der Waals surface area (Å²) in [5.74, 6) is 0.765. The topological polar surface area (TPSA) is 79.4 Å². The quantitative estimate of drug-likeness (QED) is 0.705. The molecule has 0 unspecified atom stereocenters. The van der Waals surface area contributed by atoms with Crippen LogP contribution >= 0.6 is 11.6 Å². The number of pyridine rings is 1. The van der Waals surface area contributed by atoms with Crippen molar-refractivity contribution < 1.29 is 13.2 Å². The maximum atomic E-state index is 12.9. The van der Waals surface area contributed by atoms with Gasteiger partial charge in [0.2, 0.25) is 15.9 Å². The van der Waals surface area contributed by atoms with E-state index in [1.54, 1.807) is 24.4 Å². The lowest BCUT2D eigenvalue weighted by Gasteiger charge is -2.23. The second kappa shape index (κ2) is 8.05. The molecule has 1 fully saturated rings. The number of amides is 1.